The summed E-state index contributed by atoms with van der Waals surface area (Å²) in [5.74, 6) is 2.01. The van der Waals surface area contributed by atoms with E-state index in [2.05, 4.69) is 12.2 Å². The minimum atomic E-state index is -3.15. The molecule has 0 aromatic carbocycles. The highest BCUT2D eigenvalue weighted by Gasteiger charge is 2.32. The fourth-order valence-electron chi connectivity index (χ4n) is 1.89. The number of hydrogen-bond donors (Lipinski definition) is 1. The van der Waals surface area contributed by atoms with Crippen molar-refractivity contribution >= 4 is 21.8 Å². The van der Waals surface area contributed by atoms with Crippen LogP contribution in [0, 0.1) is 0 Å². The van der Waals surface area contributed by atoms with Crippen LogP contribution in [0.1, 0.15) is 26.7 Å². The van der Waals surface area contributed by atoms with Gasteiger partial charge in [0.25, 0.3) is 0 Å². The maximum Gasteiger partial charge on any atom is 0.217 e. The Morgan fingerprint density at radius 3 is 2.76 bits per heavy atom. The molecule has 2 unspecified atom stereocenters. The number of thioether (sulfide) groups is 1. The Morgan fingerprint density at radius 1 is 1.53 bits per heavy atom. The van der Waals surface area contributed by atoms with Crippen molar-refractivity contribution in [3.8, 4) is 0 Å². The molecule has 1 aliphatic heterocycles. The minimum Gasteiger partial charge on any atom is -0.315 e. The predicted molar refractivity (Wildman–Crippen MR) is 75.0 cm³/mol. The highest BCUT2D eigenvalue weighted by Crippen LogP contribution is 2.24. The lowest BCUT2D eigenvalue weighted by Crippen LogP contribution is -2.45. The molecule has 102 valence electrons. The standard InChI is InChI=1S/C11H24N2O2S2/c1-4-6-12-8-10(2)17(14,15)13(3)11-5-7-16-9-11/h10-12H,4-9H2,1-3H3. The van der Waals surface area contributed by atoms with Crippen molar-refractivity contribution in [1.82, 2.24) is 9.62 Å². The molecular formula is C11H24N2O2S2. The number of nitrogens with one attached hydrogen (secondary N) is 1. The van der Waals surface area contributed by atoms with E-state index in [4.69, 9.17) is 0 Å². The van der Waals surface area contributed by atoms with Gasteiger partial charge >= 0.3 is 0 Å². The summed E-state index contributed by atoms with van der Waals surface area (Å²) < 4.78 is 26.2. The third-order valence-corrected chi connectivity index (χ3v) is 6.62. The molecule has 1 saturated heterocycles. The van der Waals surface area contributed by atoms with Crippen LogP contribution in [0.5, 0.6) is 0 Å². The summed E-state index contributed by atoms with van der Waals surface area (Å²) in [7, 11) is -1.42. The average molecular weight is 280 g/mol. The van der Waals surface area contributed by atoms with E-state index < -0.39 is 10.0 Å². The predicted octanol–water partition coefficient (Wildman–Crippen LogP) is 1.14. The lowest BCUT2D eigenvalue weighted by molar-refractivity contribution is 0.387. The summed E-state index contributed by atoms with van der Waals surface area (Å²) in [6.45, 7) is 5.29. The Morgan fingerprint density at radius 2 is 2.24 bits per heavy atom. The first-order valence-corrected chi connectivity index (χ1v) is 8.91. The molecular weight excluding hydrogens is 256 g/mol. The summed E-state index contributed by atoms with van der Waals surface area (Å²) in [4.78, 5) is 0. The fourth-order valence-corrected chi connectivity index (χ4v) is 4.74. The Bertz CT molecular complexity index is 313. The summed E-state index contributed by atoms with van der Waals surface area (Å²) in [6.07, 6.45) is 2.01. The van der Waals surface area contributed by atoms with E-state index in [-0.39, 0.29) is 11.3 Å². The molecule has 0 spiro atoms. The summed E-state index contributed by atoms with van der Waals surface area (Å²) in [5.41, 5.74) is 0. The first kappa shape index (κ1) is 15.3. The van der Waals surface area contributed by atoms with Crippen molar-refractivity contribution in [3.05, 3.63) is 0 Å². The SMILES string of the molecule is CCCNCC(C)S(=O)(=O)N(C)C1CCSC1. The molecule has 2 atom stereocenters. The van der Waals surface area contributed by atoms with Crippen molar-refractivity contribution in [1.29, 1.82) is 0 Å². The Balaban J connectivity index is 2.53. The molecule has 0 aromatic heterocycles. The molecule has 6 heteroatoms. The lowest BCUT2D eigenvalue weighted by Gasteiger charge is -2.26. The van der Waals surface area contributed by atoms with Crippen LogP contribution in [0.2, 0.25) is 0 Å². The second-order valence-electron chi connectivity index (χ2n) is 4.59. The van der Waals surface area contributed by atoms with Crippen molar-refractivity contribution in [2.75, 3.05) is 31.6 Å². The molecule has 1 heterocycles. The molecule has 17 heavy (non-hydrogen) atoms. The molecule has 0 aromatic rings. The van der Waals surface area contributed by atoms with E-state index >= 15 is 0 Å². The van der Waals surface area contributed by atoms with Gasteiger partial charge in [0.05, 0.1) is 5.25 Å². The van der Waals surface area contributed by atoms with Gasteiger partial charge in [-0.05, 0) is 32.1 Å². The van der Waals surface area contributed by atoms with Crippen LogP contribution in [0.15, 0.2) is 0 Å². The van der Waals surface area contributed by atoms with E-state index in [1.54, 1.807) is 18.3 Å². The molecule has 0 aliphatic carbocycles. The third kappa shape index (κ3) is 4.12. The molecule has 1 rings (SSSR count). The van der Waals surface area contributed by atoms with Crippen LogP contribution in [0.4, 0.5) is 0 Å². The zero-order chi connectivity index (χ0) is 12.9. The average Bonchev–Trinajstić information content (AvgIpc) is 2.81. The molecule has 0 radical (unpaired) electrons. The second kappa shape index (κ2) is 6.97. The molecule has 0 saturated carbocycles. The van der Waals surface area contributed by atoms with E-state index in [0.29, 0.717) is 6.54 Å². The summed E-state index contributed by atoms with van der Waals surface area (Å²) in [5, 5.41) is 2.83. The smallest absolute Gasteiger partial charge is 0.217 e. The van der Waals surface area contributed by atoms with Gasteiger partial charge in [0.2, 0.25) is 10.0 Å². The molecule has 0 bridgehead atoms. The van der Waals surface area contributed by atoms with Crippen molar-refractivity contribution in [2.24, 2.45) is 0 Å². The van der Waals surface area contributed by atoms with Gasteiger partial charge in [0.1, 0.15) is 0 Å². The molecule has 0 amide bonds. The number of rotatable bonds is 7. The maximum absolute atomic E-state index is 12.3. The topological polar surface area (TPSA) is 49.4 Å². The van der Waals surface area contributed by atoms with Crippen molar-refractivity contribution in [3.63, 3.8) is 0 Å². The van der Waals surface area contributed by atoms with E-state index in [9.17, 15) is 8.42 Å². The van der Waals surface area contributed by atoms with Gasteiger partial charge in [0.15, 0.2) is 0 Å². The first-order chi connectivity index (χ1) is 8.00. The van der Waals surface area contributed by atoms with Gasteiger partial charge in [-0.25, -0.2) is 12.7 Å². The minimum absolute atomic E-state index is 0.193. The largest absolute Gasteiger partial charge is 0.315 e. The third-order valence-electron chi connectivity index (χ3n) is 3.19. The second-order valence-corrected chi connectivity index (χ2v) is 8.15. The summed E-state index contributed by atoms with van der Waals surface area (Å²) >= 11 is 1.84. The highest BCUT2D eigenvalue weighted by atomic mass is 32.2. The molecule has 1 fully saturated rings. The van der Waals surface area contributed by atoms with E-state index in [1.165, 1.54) is 0 Å². The van der Waals surface area contributed by atoms with Gasteiger partial charge in [-0.1, -0.05) is 6.92 Å². The van der Waals surface area contributed by atoms with Crippen LogP contribution in [-0.4, -0.2) is 55.7 Å². The van der Waals surface area contributed by atoms with Crippen molar-refractivity contribution < 1.29 is 8.42 Å². The van der Waals surface area contributed by atoms with Crippen LogP contribution in [-0.2, 0) is 10.0 Å². The monoisotopic (exact) mass is 280 g/mol. The molecule has 1 aliphatic rings. The van der Waals surface area contributed by atoms with E-state index in [0.717, 1.165) is 30.9 Å². The lowest BCUT2D eigenvalue weighted by atomic mass is 10.3. The highest BCUT2D eigenvalue weighted by molar-refractivity contribution is 7.99. The Labute approximate surface area is 110 Å². The molecule has 4 nitrogen and oxygen atoms in total. The van der Waals surface area contributed by atoms with Crippen LogP contribution in [0.3, 0.4) is 0 Å². The van der Waals surface area contributed by atoms with Crippen molar-refractivity contribution in [2.45, 2.75) is 38.0 Å². The van der Waals surface area contributed by atoms with Crippen LogP contribution >= 0.6 is 11.8 Å². The van der Waals surface area contributed by atoms with Gasteiger partial charge in [-0.2, -0.15) is 11.8 Å². The number of nitrogens with zero attached hydrogens (tertiary/aromatic N) is 1. The first-order valence-electron chi connectivity index (χ1n) is 6.25. The zero-order valence-corrected chi connectivity index (χ0v) is 12.6. The van der Waals surface area contributed by atoms with Gasteiger partial charge in [-0.15, -0.1) is 0 Å². The Hall–Kier alpha value is 0.220. The van der Waals surface area contributed by atoms with Gasteiger partial charge in [-0.3, -0.25) is 0 Å². The Kier molecular flexibility index (Phi) is 6.26. The fraction of sp³-hybridized carbons (Fsp3) is 1.00. The van der Waals surface area contributed by atoms with Gasteiger partial charge < -0.3 is 5.32 Å². The van der Waals surface area contributed by atoms with Crippen LogP contribution < -0.4 is 5.32 Å². The normalized spacial score (nSPS) is 23.2. The van der Waals surface area contributed by atoms with Gasteiger partial charge in [0, 0.05) is 25.4 Å². The maximum atomic E-state index is 12.3. The zero-order valence-electron chi connectivity index (χ0n) is 11.0. The number of sulfonamides is 1. The van der Waals surface area contributed by atoms with E-state index in [1.807, 2.05) is 11.8 Å². The quantitative estimate of drug-likeness (QED) is 0.711. The molecule has 1 N–H and O–H groups in total. The summed E-state index contributed by atoms with van der Waals surface area (Å²) in [6, 6.07) is 0.193. The van der Waals surface area contributed by atoms with Crippen LogP contribution in [0.25, 0.3) is 0 Å². The number of hydrogen-bond acceptors (Lipinski definition) is 4.